The van der Waals surface area contributed by atoms with Crippen LogP contribution in [0, 0.1) is 11.6 Å². The topological polar surface area (TPSA) is 90.0 Å². The lowest BCUT2D eigenvalue weighted by atomic mass is 10.1. The van der Waals surface area contributed by atoms with Crippen molar-refractivity contribution in [2.24, 2.45) is 5.73 Å². The molecule has 0 aliphatic heterocycles. The molecule has 0 bridgehead atoms. The summed E-state index contributed by atoms with van der Waals surface area (Å²) in [5, 5.41) is 2.79. The minimum absolute atomic E-state index is 0.0316. The lowest BCUT2D eigenvalue weighted by Crippen LogP contribution is -2.28. The summed E-state index contributed by atoms with van der Waals surface area (Å²) in [6.07, 6.45) is 0.227. The van der Waals surface area contributed by atoms with Crippen molar-refractivity contribution in [1.82, 2.24) is 9.55 Å². The van der Waals surface area contributed by atoms with Gasteiger partial charge in [0.25, 0.3) is 5.56 Å². The first-order chi connectivity index (χ1) is 12.8. The van der Waals surface area contributed by atoms with Gasteiger partial charge in [-0.1, -0.05) is 13.0 Å². The number of nitrogens with one attached hydrogen (secondary N) is 1. The Morgan fingerprint density at radius 1 is 1.26 bits per heavy atom. The summed E-state index contributed by atoms with van der Waals surface area (Å²) in [7, 11) is 0. The summed E-state index contributed by atoms with van der Waals surface area (Å²) in [5.41, 5.74) is 5.94. The first-order valence-corrected chi connectivity index (χ1v) is 8.39. The second-order valence-electron chi connectivity index (χ2n) is 6.13. The first-order valence-electron chi connectivity index (χ1n) is 8.39. The number of carbonyl (C=O) groups excluding carboxylic acids is 1. The number of nitrogens with two attached hydrogens (primary N) is 1. The number of rotatable bonds is 4. The average molecular weight is 372 g/mol. The number of halogens is 2. The van der Waals surface area contributed by atoms with Crippen molar-refractivity contribution in [2.45, 2.75) is 26.3 Å². The van der Waals surface area contributed by atoms with E-state index in [0.29, 0.717) is 11.6 Å². The van der Waals surface area contributed by atoms with Gasteiger partial charge in [-0.15, -0.1) is 0 Å². The number of nitrogens with zero attached hydrogens (tertiary/aromatic N) is 2. The van der Waals surface area contributed by atoms with Crippen LogP contribution in [0.3, 0.4) is 0 Å². The zero-order chi connectivity index (χ0) is 19.7. The molecule has 3 aromatic rings. The van der Waals surface area contributed by atoms with Crippen molar-refractivity contribution < 1.29 is 13.6 Å². The van der Waals surface area contributed by atoms with E-state index in [4.69, 9.17) is 5.73 Å². The maximum absolute atomic E-state index is 13.7. The molecule has 3 rings (SSSR count). The van der Waals surface area contributed by atoms with E-state index >= 15 is 0 Å². The molecule has 27 heavy (non-hydrogen) atoms. The summed E-state index contributed by atoms with van der Waals surface area (Å²) in [4.78, 5) is 29.4. The predicted molar refractivity (Wildman–Crippen MR) is 98.8 cm³/mol. The molecule has 2 aromatic carbocycles. The molecule has 1 amide bonds. The van der Waals surface area contributed by atoms with Gasteiger partial charge in [-0.25, -0.2) is 13.8 Å². The molecule has 3 N–H and O–H groups in total. The molecule has 0 aliphatic carbocycles. The van der Waals surface area contributed by atoms with E-state index in [-0.39, 0.29) is 34.9 Å². The Morgan fingerprint density at radius 2 is 1.93 bits per heavy atom. The van der Waals surface area contributed by atoms with E-state index in [0.717, 1.165) is 16.7 Å². The van der Waals surface area contributed by atoms with Crippen LogP contribution in [0.4, 0.5) is 14.5 Å². The molecule has 0 radical (unpaired) electrons. The largest absolute Gasteiger partial charge is 0.325 e. The molecule has 6 nitrogen and oxygen atoms in total. The van der Waals surface area contributed by atoms with E-state index in [1.807, 2.05) is 0 Å². The van der Waals surface area contributed by atoms with Crippen LogP contribution in [0.5, 0.6) is 0 Å². The zero-order valence-corrected chi connectivity index (χ0v) is 14.8. The molecule has 140 valence electrons. The number of aromatic nitrogens is 2. The lowest BCUT2D eigenvalue weighted by Gasteiger charge is -2.17. The van der Waals surface area contributed by atoms with Gasteiger partial charge in [0.15, 0.2) is 0 Å². The molecule has 0 aliphatic rings. The molecule has 1 unspecified atom stereocenters. The standard InChI is InChI=1S/C19H18F2N4O2/c1-3-16(26)23-14-5-4-6-15-17(14)19(27)25(18(24-15)10(2)22)13-8-11(20)7-12(21)9-13/h4-10H,3,22H2,1-2H3,(H,23,26). The number of fused-ring (bicyclic) bond motifs is 1. The SMILES string of the molecule is CCC(=O)Nc1cccc2nc(C(C)N)n(-c3cc(F)cc(F)c3)c(=O)c12. The van der Waals surface area contributed by atoms with Gasteiger partial charge in [-0.3, -0.25) is 14.2 Å². The van der Waals surface area contributed by atoms with Crippen molar-refractivity contribution in [1.29, 1.82) is 0 Å². The highest BCUT2D eigenvalue weighted by molar-refractivity contribution is 6.00. The third-order valence-corrected chi connectivity index (χ3v) is 4.03. The van der Waals surface area contributed by atoms with Crippen LogP contribution in [-0.2, 0) is 4.79 Å². The Hall–Kier alpha value is -3.13. The monoisotopic (exact) mass is 372 g/mol. The minimum atomic E-state index is -0.833. The predicted octanol–water partition coefficient (Wildman–Crippen LogP) is 3.03. The van der Waals surface area contributed by atoms with Gasteiger partial charge >= 0.3 is 0 Å². The van der Waals surface area contributed by atoms with Gasteiger partial charge in [0.2, 0.25) is 5.91 Å². The van der Waals surface area contributed by atoms with Gasteiger partial charge < -0.3 is 11.1 Å². The van der Waals surface area contributed by atoms with Crippen LogP contribution >= 0.6 is 0 Å². The minimum Gasteiger partial charge on any atom is -0.325 e. The maximum Gasteiger partial charge on any atom is 0.268 e. The quantitative estimate of drug-likeness (QED) is 0.737. The molecule has 1 aromatic heterocycles. The van der Waals surface area contributed by atoms with Gasteiger partial charge in [0.05, 0.1) is 28.3 Å². The second-order valence-corrected chi connectivity index (χ2v) is 6.13. The highest BCUT2D eigenvalue weighted by Crippen LogP contribution is 2.23. The summed E-state index contributed by atoms with van der Waals surface area (Å²) in [5.74, 6) is -1.79. The number of carbonyl (C=O) groups is 1. The van der Waals surface area contributed by atoms with Gasteiger partial charge in [0, 0.05) is 12.5 Å². The number of hydrogen-bond acceptors (Lipinski definition) is 4. The second kappa shape index (κ2) is 7.24. The normalized spacial score (nSPS) is 12.2. The van der Waals surface area contributed by atoms with Crippen molar-refractivity contribution >= 4 is 22.5 Å². The van der Waals surface area contributed by atoms with Gasteiger partial charge in [-0.2, -0.15) is 0 Å². The third kappa shape index (κ3) is 3.56. The van der Waals surface area contributed by atoms with Crippen molar-refractivity contribution in [3.8, 4) is 5.69 Å². The molecule has 0 fully saturated rings. The Balaban J connectivity index is 2.39. The Bertz CT molecular complexity index is 1070. The number of amides is 1. The molecule has 1 heterocycles. The van der Waals surface area contributed by atoms with E-state index < -0.39 is 23.2 Å². The van der Waals surface area contributed by atoms with Crippen LogP contribution in [0.2, 0.25) is 0 Å². The Morgan fingerprint density at radius 3 is 2.52 bits per heavy atom. The van der Waals surface area contributed by atoms with Crippen molar-refractivity contribution in [3.05, 3.63) is 64.2 Å². The highest BCUT2D eigenvalue weighted by Gasteiger charge is 2.19. The van der Waals surface area contributed by atoms with E-state index in [1.165, 1.54) is 0 Å². The molecular formula is C19H18F2N4O2. The molecule has 0 saturated carbocycles. The van der Waals surface area contributed by atoms with E-state index in [2.05, 4.69) is 10.3 Å². The number of anilines is 1. The van der Waals surface area contributed by atoms with E-state index in [9.17, 15) is 18.4 Å². The molecule has 0 saturated heterocycles. The van der Waals surface area contributed by atoms with Crippen LogP contribution in [0.15, 0.2) is 41.2 Å². The smallest absolute Gasteiger partial charge is 0.268 e. The molecular weight excluding hydrogens is 354 g/mol. The Labute approximate surface area is 153 Å². The Kier molecular flexibility index (Phi) is 5.00. The van der Waals surface area contributed by atoms with Crippen LogP contribution in [0.25, 0.3) is 16.6 Å². The van der Waals surface area contributed by atoms with Gasteiger partial charge in [-0.05, 0) is 31.2 Å². The summed E-state index contributed by atoms with van der Waals surface area (Å²) in [6, 6.07) is 6.91. The summed E-state index contributed by atoms with van der Waals surface area (Å²) in [6.45, 7) is 3.29. The molecule has 8 heteroatoms. The van der Waals surface area contributed by atoms with Crippen molar-refractivity contribution in [3.63, 3.8) is 0 Å². The fourth-order valence-corrected chi connectivity index (χ4v) is 2.81. The van der Waals surface area contributed by atoms with Crippen molar-refractivity contribution in [2.75, 3.05) is 5.32 Å². The number of benzene rings is 2. The first kappa shape index (κ1) is 18.7. The number of hydrogen-bond donors (Lipinski definition) is 2. The summed E-state index contributed by atoms with van der Waals surface area (Å²) < 4.78 is 28.5. The van der Waals surface area contributed by atoms with Crippen LogP contribution in [-0.4, -0.2) is 15.5 Å². The fourth-order valence-electron chi connectivity index (χ4n) is 2.81. The lowest BCUT2D eigenvalue weighted by molar-refractivity contribution is -0.115. The van der Waals surface area contributed by atoms with Crippen LogP contribution in [0.1, 0.15) is 32.1 Å². The van der Waals surface area contributed by atoms with Crippen LogP contribution < -0.4 is 16.6 Å². The molecule has 0 spiro atoms. The highest BCUT2D eigenvalue weighted by atomic mass is 19.1. The third-order valence-electron chi connectivity index (χ3n) is 4.03. The fraction of sp³-hybridized carbons (Fsp3) is 0.211. The van der Waals surface area contributed by atoms with Gasteiger partial charge in [0.1, 0.15) is 17.5 Å². The molecule has 1 atom stereocenters. The van der Waals surface area contributed by atoms with E-state index in [1.54, 1.807) is 32.0 Å². The zero-order valence-electron chi connectivity index (χ0n) is 14.8. The average Bonchev–Trinajstić information content (AvgIpc) is 2.60. The summed E-state index contributed by atoms with van der Waals surface area (Å²) >= 11 is 0. The maximum atomic E-state index is 13.7.